The predicted molar refractivity (Wildman–Crippen MR) is 158 cm³/mol. The van der Waals surface area contributed by atoms with Gasteiger partial charge in [-0.2, -0.15) is 0 Å². The second kappa shape index (κ2) is 11.3. The molecule has 3 aromatic rings. The van der Waals surface area contributed by atoms with E-state index in [0.29, 0.717) is 30.4 Å². The molecule has 0 unspecified atom stereocenters. The van der Waals surface area contributed by atoms with E-state index >= 15 is 0 Å². The summed E-state index contributed by atoms with van der Waals surface area (Å²) in [6, 6.07) is 14.3. The highest BCUT2D eigenvalue weighted by Crippen LogP contribution is 2.62. The minimum absolute atomic E-state index is 0.150. The molecule has 0 radical (unpaired) electrons. The van der Waals surface area contributed by atoms with Crippen LogP contribution in [0.1, 0.15) is 66.9 Å². The minimum atomic E-state index is -0.317. The van der Waals surface area contributed by atoms with Crippen molar-refractivity contribution in [2.24, 2.45) is 17.8 Å². The van der Waals surface area contributed by atoms with E-state index in [9.17, 15) is 4.79 Å². The van der Waals surface area contributed by atoms with Crippen LogP contribution in [0.2, 0.25) is 5.02 Å². The molecule has 7 rings (SSSR count). The number of aryl methyl sites for hydroxylation is 1. The van der Waals surface area contributed by atoms with Crippen LogP contribution >= 0.6 is 11.6 Å². The maximum atomic E-state index is 12.3. The van der Waals surface area contributed by atoms with Crippen LogP contribution in [0.3, 0.4) is 0 Å². The Morgan fingerprint density at radius 3 is 2.35 bits per heavy atom. The SMILES string of the molecule is CCOC(=O)c1ccc2c(Cl)c(-c3cc(C45CC6CC(CC(C6)C4)C5)c(OCOCCOC)cc3C)ccc2c1. The Hall–Kier alpha value is -2.60. The molecule has 0 amide bonds. The highest BCUT2D eigenvalue weighted by atomic mass is 35.5. The predicted octanol–water partition coefficient (Wildman–Crippen LogP) is 8.11. The molecule has 3 aromatic carbocycles. The zero-order valence-corrected chi connectivity index (χ0v) is 24.5. The maximum absolute atomic E-state index is 12.3. The number of ether oxygens (including phenoxy) is 4. The van der Waals surface area contributed by atoms with Gasteiger partial charge in [0.1, 0.15) is 5.75 Å². The third kappa shape index (κ3) is 5.13. The third-order valence-corrected chi connectivity index (χ3v) is 9.83. The van der Waals surface area contributed by atoms with Crippen LogP contribution in [0.25, 0.3) is 21.9 Å². The summed E-state index contributed by atoms with van der Waals surface area (Å²) in [4.78, 5) is 12.3. The summed E-state index contributed by atoms with van der Waals surface area (Å²) in [5, 5.41) is 2.55. The third-order valence-electron chi connectivity index (χ3n) is 9.42. The van der Waals surface area contributed by atoms with E-state index < -0.39 is 0 Å². The number of halogens is 1. The molecule has 0 heterocycles. The Morgan fingerprint density at radius 1 is 0.950 bits per heavy atom. The summed E-state index contributed by atoms with van der Waals surface area (Å²) in [6.45, 7) is 5.55. The fraction of sp³-hybridized carbons (Fsp3) is 0.500. The summed E-state index contributed by atoms with van der Waals surface area (Å²) in [5.74, 6) is 3.08. The van der Waals surface area contributed by atoms with Gasteiger partial charge >= 0.3 is 5.97 Å². The summed E-state index contributed by atoms with van der Waals surface area (Å²) in [6.07, 6.45) is 7.88. The lowest BCUT2D eigenvalue weighted by atomic mass is 9.48. The number of carbonyl (C=O) groups is 1. The molecule has 40 heavy (non-hydrogen) atoms. The Kier molecular flexibility index (Phi) is 7.82. The van der Waals surface area contributed by atoms with Crippen molar-refractivity contribution >= 4 is 28.3 Å². The lowest BCUT2D eigenvalue weighted by molar-refractivity contribution is -0.0189. The fourth-order valence-corrected chi connectivity index (χ4v) is 8.43. The van der Waals surface area contributed by atoms with Crippen molar-refractivity contribution in [1.82, 2.24) is 0 Å². The molecule has 4 bridgehead atoms. The van der Waals surface area contributed by atoms with Crippen LogP contribution < -0.4 is 4.74 Å². The van der Waals surface area contributed by atoms with E-state index in [1.807, 2.05) is 19.1 Å². The van der Waals surface area contributed by atoms with Gasteiger partial charge in [0.25, 0.3) is 0 Å². The number of methoxy groups -OCH3 is 1. The molecule has 4 saturated carbocycles. The van der Waals surface area contributed by atoms with Crippen molar-refractivity contribution in [2.75, 3.05) is 33.7 Å². The van der Waals surface area contributed by atoms with Crippen LogP contribution in [-0.2, 0) is 19.6 Å². The highest BCUT2D eigenvalue weighted by Gasteiger charge is 2.52. The fourth-order valence-electron chi connectivity index (χ4n) is 8.09. The summed E-state index contributed by atoms with van der Waals surface area (Å²) in [7, 11) is 1.68. The topological polar surface area (TPSA) is 54.0 Å². The number of fused-ring (bicyclic) bond motifs is 1. The highest BCUT2D eigenvalue weighted by molar-refractivity contribution is 6.38. The van der Waals surface area contributed by atoms with E-state index in [0.717, 1.165) is 51.0 Å². The van der Waals surface area contributed by atoms with Gasteiger partial charge in [0.2, 0.25) is 0 Å². The first-order valence-electron chi connectivity index (χ1n) is 14.6. The molecule has 212 valence electrons. The van der Waals surface area contributed by atoms with Crippen LogP contribution in [0.4, 0.5) is 0 Å². The van der Waals surface area contributed by atoms with Crippen LogP contribution in [-0.4, -0.2) is 39.7 Å². The van der Waals surface area contributed by atoms with Gasteiger partial charge in [0.15, 0.2) is 6.79 Å². The number of esters is 1. The zero-order valence-electron chi connectivity index (χ0n) is 23.8. The van der Waals surface area contributed by atoms with Gasteiger partial charge < -0.3 is 18.9 Å². The molecule has 0 atom stereocenters. The summed E-state index contributed by atoms with van der Waals surface area (Å²) < 4.78 is 22.4. The molecule has 0 aromatic heterocycles. The van der Waals surface area contributed by atoms with E-state index in [1.54, 1.807) is 13.2 Å². The molecular weight excluding hydrogens is 524 g/mol. The number of hydrogen-bond acceptors (Lipinski definition) is 5. The first-order valence-corrected chi connectivity index (χ1v) is 15.0. The first kappa shape index (κ1) is 27.6. The number of carbonyl (C=O) groups excluding carboxylic acids is 1. The Bertz CT molecular complexity index is 1380. The lowest BCUT2D eigenvalue weighted by Gasteiger charge is -2.57. The number of benzene rings is 3. The molecule has 4 aliphatic rings. The van der Waals surface area contributed by atoms with Gasteiger partial charge in [-0.1, -0.05) is 29.8 Å². The lowest BCUT2D eigenvalue weighted by Crippen LogP contribution is -2.48. The molecule has 0 aliphatic heterocycles. The number of hydrogen-bond donors (Lipinski definition) is 0. The maximum Gasteiger partial charge on any atom is 0.338 e. The van der Waals surface area contributed by atoms with Gasteiger partial charge in [-0.3, -0.25) is 0 Å². The van der Waals surface area contributed by atoms with Crippen molar-refractivity contribution in [2.45, 2.75) is 57.8 Å². The van der Waals surface area contributed by atoms with Crippen molar-refractivity contribution in [3.8, 4) is 16.9 Å². The molecule has 0 spiro atoms. The molecule has 4 fully saturated rings. The Balaban J connectivity index is 1.40. The molecule has 4 aliphatic carbocycles. The first-order chi connectivity index (χ1) is 19.4. The van der Waals surface area contributed by atoms with E-state index in [4.69, 9.17) is 30.5 Å². The smallest absolute Gasteiger partial charge is 0.338 e. The van der Waals surface area contributed by atoms with E-state index in [-0.39, 0.29) is 18.2 Å². The minimum Gasteiger partial charge on any atom is -0.467 e. The van der Waals surface area contributed by atoms with E-state index in [1.165, 1.54) is 44.1 Å². The normalized spacial score (nSPS) is 24.9. The summed E-state index contributed by atoms with van der Waals surface area (Å²) in [5.41, 5.74) is 5.26. The van der Waals surface area contributed by atoms with Crippen LogP contribution in [0.5, 0.6) is 5.75 Å². The molecule has 6 heteroatoms. The molecular formula is C34H39ClO5. The second-order valence-electron chi connectivity index (χ2n) is 12.1. The monoisotopic (exact) mass is 562 g/mol. The van der Waals surface area contributed by atoms with Crippen molar-refractivity contribution in [3.63, 3.8) is 0 Å². The van der Waals surface area contributed by atoms with Crippen molar-refractivity contribution in [1.29, 1.82) is 0 Å². The standard InChI is InChI=1S/C34H39ClO5/c1-4-39-33(36)26-6-7-27-25(15-26)5-8-28(32(27)35)29-16-30(31(11-21(29)2)40-20-38-10-9-37-3)34-17-22-12-23(18-34)14-24(13-22)19-34/h5-8,11,15-16,22-24H,4,9-10,12-14,17-20H2,1-3H3. The van der Waals surface area contributed by atoms with Gasteiger partial charge in [-0.15, -0.1) is 0 Å². The Labute approximate surface area is 242 Å². The van der Waals surface area contributed by atoms with Gasteiger partial charge in [0, 0.05) is 23.6 Å². The molecule has 5 nitrogen and oxygen atoms in total. The van der Waals surface area contributed by atoms with Crippen molar-refractivity contribution in [3.05, 3.63) is 64.2 Å². The van der Waals surface area contributed by atoms with Gasteiger partial charge in [0.05, 0.1) is 30.4 Å². The average molecular weight is 563 g/mol. The van der Waals surface area contributed by atoms with E-state index in [2.05, 4.69) is 31.2 Å². The molecule has 0 saturated heterocycles. The van der Waals surface area contributed by atoms with Crippen LogP contribution in [0, 0.1) is 24.7 Å². The second-order valence-corrected chi connectivity index (χ2v) is 12.5. The Morgan fingerprint density at radius 2 is 1.68 bits per heavy atom. The summed E-state index contributed by atoms with van der Waals surface area (Å²) >= 11 is 7.11. The largest absolute Gasteiger partial charge is 0.467 e. The van der Waals surface area contributed by atoms with Gasteiger partial charge in [-0.25, -0.2) is 4.79 Å². The quantitative estimate of drug-likeness (QED) is 0.142. The van der Waals surface area contributed by atoms with Crippen LogP contribution in [0.15, 0.2) is 42.5 Å². The van der Waals surface area contributed by atoms with Gasteiger partial charge in [-0.05, 0) is 116 Å². The number of rotatable bonds is 10. The zero-order chi connectivity index (χ0) is 27.9. The molecule has 0 N–H and O–H groups in total. The van der Waals surface area contributed by atoms with Crippen molar-refractivity contribution < 1.29 is 23.7 Å². The average Bonchev–Trinajstić information content (AvgIpc) is 2.93.